The minimum atomic E-state index is 0. The highest BCUT2D eigenvalue weighted by Gasteiger charge is 1.88. The first-order chi connectivity index (χ1) is 7.27. The lowest BCUT2D eigenvalue weighted by molar-refractivity contribution is 0.598. The van der Waals surface area contributed by atoms with Crippen molar-refractivity contribution in [3.8, 4) is 0 Å². The van der Waals surface area contributed by atoms with Gasteiger partial charge in [-0.2, -0.15) is 0 Å². The zero-order valence-corrected chi connectivity index (χ0v) is 11.0. The summed E-state index contributed by atoms with van der Waals surface area (Å²) < 4.78 is 0. The molecular weight excluding hydrogens is 224 g/mol. The van der Waals surface area contributed by atoms with Crippen LogP contribution < -0.4 is 0 Å². The van der Waals surface area contributed by atoms with E-state index in [1.807, 2.05) is 6.92 Å². The lowest BCUT2D eigenvalue weighted by Crippen LogP contribution is -1.89. The Hall–Kier alpha value is -1.12. The molecule has 0 saturated carbocycles. The highest BCUT2D eigenvalue weighted by molar-refractivity contribution is 5.85. The standard InChI is InChI=1S/C8H16N2.C3H4N2.ClH/c1-4-9-7-10-6-5-8(2)3;1-2-5-3-4-1;/h8H,4-6H2,1-3H3;1-3H,(H,4,5);1H. The Labute approximate surface area is 104 Å². The number of nitrogens with zero attached hydrogens (tertiary/aromatic N) is 3. The molecule has 5 heteroatoms. The van der Waals surface area contributed by atoms with Gasteiger partial charge in [0, 0.05) is 18.9 Å². The summed E-state index contributed by atoms with van der Waals surface area (Å²) in [6, 6.07) is 2.64. The van der Waals surface area contributed by atoms with Gasteiger partial charge in [-0.1, -0.05) is 13.8 Å². The topological polar surface area (TPSA) is 53.4 Å². The summed E-state index contributed by atoms with van der Waals surface area (Å²) in [6.45, 7) is 8.00. The van der Waals surface area contributed by atoms with Crippen molar-refractivity contribution in [1.29, 1.82) is 0 Å². The smallest absolute Gasteiger partial charge is 0.0919 e. The number of aromatic amines is 1. The van der Waals surface area contributed by atoms with Crippen LogP contribution in [-0.2, 0) is 0 Å². The first-order valence-electron chi connectivity index (χ1n) is 5.28. The van der Waals surface area contributed by atoms with E-state index in [0.29, 0.717) is 0 Å². The number of aliphatic imine (C=N–C) groups is 2. The van der Waals surface area contributed by atoms with Gasteiger partial charge in [0.05, 0.1) is 18.9 Å². The van der Waals surface area contributed by atoms with Gasteiger partial charge >= 0.3 is 0 Å². The lowest BCUT2D eigenvalue weighted by Gasteiger charge is -1.96. The Kier molecular flexibility index (Phi) is 15.0. The first kappa shape index (κ1) is 17.3. The summed E-state index contributed by atoms with van der Waals surface area (Å²) in [7, 11) is 0. The van der Waals surface area contributed by atoms with Crippen molar-refractivity contribution in [3.63, 3.8) is 0 Å². The molecule has 16 heavy (non-hydrogen) atoms. The van der Waals surface area contributed by atoms with E-state index in [4.69, 9.17) is 0 Å². The number of halogens is 1. The normalized spacial score (nSPS) is 8.25. The maximum absolute atomic E-state index is 3.98. The van der Waals surface area contributed by atoms with Gasteiger partial charge in [0.1, 0.15) is 0 Å². The maximum atomic E-state index is 3.98. The van der Waals surface area contributed by atoms with E-state index in [2.05, 4.69) is 39.8 Å². The molecule has 92 valence electrons. The van der Waals surface area contributed by atoms with Gasteiger partial charge in [-0.25, -0.2) is 15.0 Å². The second kappa shape index (κ2) is 13.9. The molecule has 1 heterocycles. The summed E-state index contributed by atoms with van der Waals surface area (Å²) in [5.74, 6) is 0.729. The zero-order valence-electron chi connectivity index (χ0n) is 10.2. The molecule has 0 saturated heterocycles. The molecule has 0 aliphatic rings. The van der Waals surface area contributed by atoms with Crippen LogP contribution in [0.25, 0.3) is 0 Å². The molecule has 0 atom stereocenters. The van der Waals surface area contributed by atoms with Crippen molar-refractivity contribution >= 4 is 18.4 Å². The Bertz CT molecular complexity index is 246. The molecule has 1 aromatic rings. The summed E-state index contributed by atoms with van der Waals surface area (Å²) >= 11 is 0. The SMILES string of the molecule is CCN=C=NCCC(C)C.Cl.c1c[nH]cn1. The third-order valence-corrected chi connectivity index (χ3v) is 1.52. The van der Waals surface area contributed by atoms with E-state index >= 15 is 0 Å². The fraction of sp³-hybridized carbons (Fsp3) is 0.636. The molecule has 0 aromatic carbocycles. The number of H-pyrrole nitrogens is 1. The number of nitrogens with one attached hydrogen (secondary N) is 1. The Morgan fingerprint density at radius 3 is 2.50 bits per heavy atom. The second-order valence-corrected chi connectivity index (χ2v) is 3.40. The molecule has 1 rings (SSSR count). The zero-order chi connectivity index (χ0) is 11.4. The van der Waals surface area contributed by atoms with Crippen LogP contribution in [0.15, 0.2) is 28.7 Å². The molecule has 0 unspecified atom stereocenters. The molecule has 4 nitrogen and oxygen atoms in total. The highest BCUT2D eigenvalue weighted by atomic mass is 35.5. The van der Waals surface area contributed by atoms with E-state index in [1.54, 1.807) is 18.7 Å². The predicted octanol–water partition coefficient (Wildman–Crippen LogP) is 3.06. The van der Waals surface area contributed by atoms with Crippen LogP contribution in [0.3, 0.4) is 0 Å². The second-order valence-electron chi connectivity index (χ2n) is 3.40. The van der Waals surface area contributed by atoms with E-state index in [9.17, 15) is 0 Å². The molecular formula is C11H21ClN4. The van der Waals surface area contributed by atoms with Crippen molar-refractivity contribution in [2.24, 2.45) is 15.9 Å². The van der Waals surface area contributed by atoms with Gasteiger partial charge in [-0.05, 0) is 19.3 Å². The molecule has 1 N–H and O–H groups in total. The Morgan fingerprint density at radius 1 is 1.38 bits per heavy atom. The van der Waals surface area contributed by atoms with E-state index in [1.165, 1.54) is 0 Å². The fourth-order valence-electron chi connectivity index (χ4n) is 0.709. The van der Waals surface area contributed by atoms with E-state index in [-0.39, 0.29) is 12.4 Å². The monoisotopic (exact) mass is 244 g/mol. The average molecular weight is 245 g/mol. The minimum absolute atomic E-state index is 0. The van der Waals surface area contributed by atoms with Crippen LogP contribution in [-0.4, -0.2) is 29.1 Å². The molecule has 0 bridgehead atoms. The summed E-state index contributed by atoms with van der Waals surface area (Å²) in [5, 5.41) is 0. The summed E-state index contributed by atoms with van der Waals surface area (Å²) in [5.41, 5.74) is 0. The van der Waals surface area contributed by atoms with Gasteiger partial charge in [0.2, 0.25) is 0 Å². The highest BCUT2D eigenvalue weighted by Crippen LogP contribution is 1.97. The summed E-state index contributed by atoms with van der Waals surface area (Å²) in [4.78, 5) is 14.3. The molecule has 0 aliphatic heterocycles. The van der Waals surface area contributed by atoms with Gasteiger partial charge in [0.15, 0.2) is 0 Å². The van der Waals surface area contributed by atoms with Crippen molar-refractivity contribution in [2.45, 2.75) is 27.2 Å². The van der Waals surface area contributed by atoms with Crippen LogP contribution >= 0.6 is 12.4 Å². The van der Waals surface area contributed by atoms with Crippen LogP contribution in [0, 0.1) is 5.92 Å². The number of rotatable bonds is 4. The number of imidazole rings is 1. The number of hydrogen-bond donors (Lipinski definition) is 1. The largest absolute Gasteiger partial charge is 0.351 e. The van der Waals surface area contributed by atoms with Crippen LogP contribution in [0.4, 0.5) is 0 Å². The lowest BCUT2D eigenvalue weighted by atomic mass is 10.1. The van der Waals surface area contributed by atoms with Crippen LogP contribution in [0.1, 0.15) is 27.2 Å². The van der Waals surface area contributed by atoms with E-state index in [0.717, 1.165) is 25.4 Å². The average Bonchev–Trinajstić information content (AvgIpc) is 2.75. The summed E-state index contributed by atoms with van der Waals surface area (Å²) in [6.07, 6.45) is 6.21. The Morgan fingerprint density at radius 2 is 2.12 bits per heavy atom. The van der Waals surface area contributed by atoms with Crippen molar-refractivity contribution in [2.75, 3.05) is 13.1 Å². The fourth-order valence-corrected chi connectivity index (χ4v) is 0.709. The minimum Gasteiger partial charge on any atom is -0.351 e. The maximum Gasteiger partial charge on any atom is 0.0919 e. The van der Waals surface area contributed by atoms with E-state index < -0.39 is 0 Å². The Balaban J connectivity index is 0. The van der Waals surface area contributed by atoms with Crippen molar-refractivity contribution in [1.82, 2.24) is 9.97 Å². The number of aromatic nitrogens is 2. The molecule has 0 aliphatic carbocycles. The van der Waals surface area contributed by atoms with Crippen LogP contribution in [0.2, 0.25) is 0 Å². The van der Waals surface area contributed by atoms with Crippen molar-refractivity contribution < 1.29 is 0 Å². The predicted molar refractivity (Wildman–Crippen MR) is 70.6 cm³/mol. The van der Waals surface area contributed by atoms with Crippen LogP contribution in [0.5, 0.6) is 0 Å². The van der Waals surface area contributed by atoms with Crippen molar-refractivity contribution in [3.05, 3.63) is 18.7 Å². The molecule has 1 aromatic heterocycles. The van der Waals surface area contributed by atoms with Gasteiger partial charge in [-0.3, -0.25) is 0 Å². The number of hydrogen-bond acceptors (Lipinski definition) is 3. The molecule has 0 radical (unpaired) electrons. The quantitative estimate of drug-likeness (QED) is 0.814. The first-order valence-corrected chi connectivity index (χ1v) is 5.28. The molecule has 0 fully saturated rings. The van der Waals surface area contributed by atoms with Gasteiger partial charge in [-0.15, -0.1) is 12.4 Å². The molecule has 0 spiro atoms. The van der Waals surface area contributed by atoms with Gasteiger partial charge < -0.3 is 4.98 Å². The third kappa shape index (κ3) is 15.4. The van der Waals surface area contributed by atoms with Gasteiger partial charge in [0.25, 0.3) is 0 Å². The third-order valence-electron chi connectivity index (χ3n) is 1.52. The molecule has 0 amide bonds.